The van der Waals surface area contributed by atoms with Crippen molar-refractivity contribution >= 4 is 52.4 Å². The highest BCUT2D eigenvalue weighted by Gasteiger charge is 2.01. The second kappa shape index (κ2) is 42.8. The molecule has 11 heteroatoms. The van der Waals surface area contributed by atoms with Crippen LogP contribution in [0.3, 0.4) is 0 Å². The number of phenolic OH excluding ortho intramolecular Hbond substituents is 2. The van der Waals surface area contributed by atoms with Gasteiger partial charge >= 0.3 is 12.1 Å². The van der Waals surface area contributed by atoms with Gasteiger partial charge in [-0.2, -0.15) is 0 Å². The molecule has 8 nitrogen and oxygen atoms in total. The molecule has 2 aromatic carbocycles. The van der Waals surface area contributed by atoms with Crippen LogP contribution in [0.2, 0.25) is 0 Å². The van der Waals surface area contributed by atoms with Gasteiger partial charge in [0.2, 0.25) is 0 Å². The second-order valence-electron chi connectivity index (χ2n) is 13.9. The summed E-state index contributed by atoms with van der Waals surface area (Å²) in [6, 6.07) is 14.4. The summed E-state index contributed by atoms with van der Waals surface area (Å²) < 4.78 is 0. The van der Waals surface area contributed by atoms with E-state index in [1.54, 1.807) is 36.0 Å². The Balaban J connectivity index is 0.000000943. The standard InChI is InChI=1S/C23H38N2O2S.C17H33BrN2O.C6H6OS/c1-2-3-13-18-24-23(27)25-19-14-9-7-5-4-6-8-10-15-20-28-22-17-12-11-16-21(22)26;1-2-3-12-15-19-17(21)20-16-13-10-8-6-4-5-7-9-11-14-18;7-5-3-1-2-4-6(5)8/h4-5,11-12,16-17,26H,2-3,6-10,13-15,18-20H2,1H3,(H2,24,25,27);4,6H,2-3,5,7-16H2,1H3,(H2,19,20,21);1-4,7-8H/b5-4-;6-4-;. The number of halogens is 1. The number of hydrogen-bond acceptors (Lipinski definition) is 6. The van der Waals surface area contributed by atoms with E-state index in [2.05, 4.69) is 88.0 Å². The van der Waals surface area contributed by atoms with Gasteiger partial charge in [0.05, 0.1) is 0 Å². The van der Waals surface area contributed by atoms with Crippen LogP contribution < -0.4 is 21.3 Å². The van der Waals surface area contributed by atoms with Crippen LogP contribution in [0.1, 0.15) is 142 Å². The number of carbonyl (C=O) groups excluding carboxylic acids is 2. The predicted octanol–water partition coefficient (Wildman–Crippen LogP) is 13.1. The fraction of sp³-hybridized carbons (Fsp3) is 0.609. The quantitative estimate of drug-likeness (QED) is 0.0138. The Morgan fingerprint density at radius 1 is 0.561 bits per heavy atom. The zero-order valence-corrected chi connectivity index (χ0v) is 38.6. The van der Waals surface area contributed by atoms with E-state index in [1.165, 1.54) is 70.6 Å². The van der Waals surface area contributed by atoms with Crippen molar-refractivity contribution in [3.05, 3.63) is 72.8 Å². The van der Waals surface area contributed by atoms with Gasteiger partial charge < -0.3 is 31.5 Å². The van der Waals surface area contributed by atoms with Crippen molar-refractivity contribution < 1.29 is 19.8 Å². The number of thioether (sulfide) groups is 1. The third-order valence-electron chi connectivity index (χ3n) is 8.66. The van der Waals surface area contributed by atoms with Crippen LogP contribution in [-0.4, -0.2) is 59.5 Å². The molecule has 2 aromatic rings. The van der Waals surface area contributed by atoms with Gasteiger partial charge in [-0.15, -0.1) is 24.4 Å². The van der Waals surface area contributed by atoms with E-state index in [4.69, 9.17) is 5.11 Å². The molecule has 0 bridgehead atoms. The largest absolute Gasteiger partial charge is 0.507 e. The van der Waals surface area contributed by atoms with Crippen LogP contribution in [0, 0.1) is 0 Å². The van der Waals surface area contributed by atoms with Crippen LogP contribution in [0.25, 0.3) is 0 Å². The van der Waals surface area contributed by atoms with Gasteiger partial charge in [0.15, 0.2) is 0 Å². The summed E-state index contributed by atoms with van der Waals surface area (Å²) in [6.45, 7) is 7.42. The summed E-state index contributed by atoms with van der Waals surface area (Å²) in [4.78, 5) is 24.6. The van der Waals surface area contributed by atoms with E-state index in [1.807, 2.05) is 24.3 Å². The lowest BCUT2D eigenvalue weighted by molar-refractivity contribution is 0.239. The Kier molecular flexibility index (Phi) is 40.8. The maximum atomic E-state index is 11.5. The Morgan fingerprint density at radius 3 is 1.37 bits per heavy atom. The average Bonchev–Trinajstić information content (AvgIpc) is 3.21. The molecule has 0 aliphatic heterocycles. The number of para-hydroxylation sites is 2. The first-order chi connectivity index (χ1) is 27.8. The molecule has 0 saturated heterocycles. The van der Waals surface area contributed by atoms with E-state index in [9.17, 15) is 14.7 Å². The van der Waals surface area contributed by atoms with Crippen LogP contribution in [0.5, 0.6) is 11.5 Å². The molecule has 6 N–H and O–H groups in total. The number of amides is 4. The number of aromatic hydroxyl groups is 2. The summed E-state index contributed by atoms with van der Waals surface area (Å²) in [6.07, 6.45) is 32.4. The van der Waals surface area contributed by atoms with E-state index in [-0.39, 0.29) is 17.8 Å². The van der Waals surface area contributed by atoms with Crippen molar-refractivity contribution in [1.29, 1.82) is 0 Å². The molecule has 0 heterocycles. The van der Waals surface area contributed by atoms with Crippen molar-refractivity contribution in [1.82, 2.24) is 21.3 Å². The highest BCUT2D eigenvalue weighted by Crippen LogP contribution is 2.28. The zero-order valence-electron chi connectivity index (χ0n) is 35.3. The van der Waals surface area contributed by atoms with Crippen LogP contribution in [0.4, 0.5) is 9.59 Å². The minimum Gasteiger partial charge on any atom is -0.507 e. The summed E-state index contributed by atoms with van der Waals surface area (Å²) in [5.41, 5.74) is 0. The Bertz CT molecular complexity index is 1260. The molecule has 4 amide bonds. The Labute approximate surface area is 365 Å². The number of phenols is 2. The third kappa shape index (κ3) is 38.5. The minimum atomic E-state index is -0.0349. The Morgan fingerprint density at radius 2 is 0.965 bits per heavy atom. The van der Waals surface area contributed by atoms with Crippen LogP contribution >= 0.6 is 40.3 Å². The van der Waals surface area contributed by atoms with Gasteiger partial charge in [0.1, 0.15) is 11.5 Å². The van der Waals surface area contributed by atoms with Gasteiger partial charge in [-0.3, -0.25) is 0 Å². The highest BCUT2D eigenvalue weighted by molar-refractivity contribution is 9.09. The van der Waals surface area contributed by atoms with Gasteiger partial charge in [-0.05, 0) is 120 Å². The lowest BCUT2D eigenvalue weighted by Gasteiger charge is -2.06. The molecule has 0 radical (unpaired) electrons. The molecule has 2 rings (SSSR count). The first-order valence-electron chi connectivity index (χ1n) is 21.6. The molecule has 0 saturated carbocycles. The molecule has 0 atom stereocenters. The normalized spacial score (nSPS) is 10.7. The van der Waals surface area contributed by atoms with Gasteiger partial charge in [-0.1, -0.05) is 117 Å². The summed E-state index contributed by atoms with van der Waals surface area (Å²) in [7, 11) is 0. The molecule has 0 unspecified atom stereocenters. The fourth-order valence-corrected chi connectivity index (χ4v) is 6.74. The summed E-state index contributed by atoms with van der Waals surface area (Å²) in [5.74, 6) is 1.68. The van der Waals surface area contributed by atoms with E-state index >= 15 is 0 Å². The number of unbranched alkanes of at least 4 members (excludes halogenated alkanes) is 14. The Hall–Kier alpha value is -2.76. The van der Waals surface area contributed by atoms with E-state index in [0.717, 1.165) is 99.9 Å². The van der Waals surface area contributed by atoms with Crippen molar-refractivity contribution in [3.63, 3.8) is 0 Å². The fourth-order valence-electron chi connectivity index (χ4n) is 5.23. The first kappa shape index (κ1) is 54.2. The van der Waals surface area contributed by atoms with E-state index < -0.39 is 0 Å². The van der Waals surface area contributed by atoms with E-state index in [0.29, 0.717) is 10.6 Å². The summed E-state index contributed by atoms with van der Waals surface area (Å²) >= 11 is 9.13. The van der Waals surface area contributed by atoms with Gasteiger partial charge in [-0.25, -0.2) is 9.59 Å². The number of alkyl halides is 1. The van der Waals surface area contributed by atoms with Crippen molar-refractivity contribution in [3.8, 4) is 11.5 Å². The molecular formula is C46H77BrN4O4S2. The number of rotatable bonds is 30. The smallest absolute Gasteiger partial charge is 0.314 e. The first-order valence-corrected chi connectivity index (χ1v) is 24.2. The molecule has 0 aromatic heterocycles. The maximum Gasteiger partial charge on any atom is 0.314 e. The topological polar surface area (TPSA) is 123 Å². The SMILES string of the molecule is CCCCCNC(=O)NCCCC/C=C\CCCCCBr.CCCCCNC(=O)NCCCC/C=C\CCCCCSc1ccccc1O.Oc1ccccc1S. The lowest BCUT2D eigenvalue weighted by Crippen LogP contribution is -2.36. The number of urea groups is 2. The van der Waals surface area contributed by atoms with Gasteiger partial charge in [0, 0.05) is 41.3 Å². The highest BCUT2D eigenvalue weighted by atomic mass is 79.9. The average molecular weight is 894 g/mol. The number of allylic oxidation sites excluding steroid dienone is 4. The molecule has 0 aliphatic rings. The molecule has 57 heavy (non-hydrogen) atoms. The zero-order chi connectivity index (χ0) is 41.9. The molecule has 0 aliphatic carbocycles. The number of hydrogen-bond donors (Lipinski definition) is 7. The molecule has 324 valence electrons. The van der Waals surface area contributed by atoms with Gasteiger partial charge in [0.25, 0.3) is 0 Å². The summed E-state index contributed by atoms with van der Waals surface area (Å²) in [5, 5.41) is 31.3. The van der Waals surface area contributed by atoms with Crippen molar-refractivity contribution in [2.75, 3.05) is 37.3 Å². The second-order valence-corrected chi connectivity index (χ2v) is 16.3. The predicted molar refractivity (Wildman–Crippen MR) is 253 cm³/mol. The number of carbonyl (C=O) groups is 2. The third-order valence-corrected chi connectivity index (χ3v) is 10.7. The maximum absolute atomic E-state index is 11.5. The number of nitrogens with one attached hydrogen (secondary N) is 4. The van der Waals surface area contributed by atoms with Crippen molar-refractivity contribution in [2.24, 2.45) is 0 Å². The molecule has 0 spiro atoms. The lowest BCUT2D eigenvalue weighted by atomic mass is 10.1. The number of thiol groups is 1. The van der Waals surface area contributed by atoms with Crippen molar-refractivity contribution in [2.45, 2.75) is 152 Å². The molecular weight excluding hydrogens is 817 g/mol. The minimum absolute atomic E-state index is 0.0200. The number of benzene rings is 2. The molecule has 0 fully saturated rings. The van der Waals surface area contributed by atoms with Crippen LogP contribution in [0.15, 0.2) is 82.6 Å². The van der Waals surface area contributed by atoms with Crippen LogP contribution in [-0.2, 0) is 0 Å². The monoisotopic (exact) mass is 892 g/mol.